The van der Waals surface area contributed by atoms with Crippen LogP contribution in [0, 0.1) is 5.41 Å². The Morgan fingerprint density at radius 2 is 1.89 bits per heavy atom. The molecule has 0 aliphatic carbocycles. The quantitative estimate of drug-likeness (QED) is 0.800. The van der Waals surface area contributed by atoms with Gasteiger partial charge in [0.1, 0.15) is 0 Å². The molecular formula is C15H24BrNO. The van der Waals surface area contributed by atoms with Crippen molar-refractivity contribution in [3.8, 4) is 0 Å². The fraction of sp³-hybridized carbons (Fsp3) is 0.600. The van der Waals surface area contributed by atoms with Gasteiger partial charge in [0.2, 0.25) is 0 Å². The van der Waals surface area contributed by atoms with E-state index in [9.17, 15) is 0 Å². The molecule has 1 rings (SSSR count). The summed E-state index contributed by atoms with van der Waals surface area (Å²) in [6.07, 6.45) is 1.92. The summed E-state index contributed by atoms with van der Waals surface area (Å²) in [7, 11) is 0. The van der Waals surface area contributed by atoms with Gasteiger partial charge < -0.3 is 10.4 Å². The highest BCUT2D eigenvalue weighted by molar-refractivity contribution is 9.10. The van der Waals surface area contributed by atoms with E-state index in [1.165, 1.54) is 5.56 Å². The first-order valence-corrected chi connectivity index (χ1v) is 7.33. The Morgan fingerprint density at radius 1 is 1.28 bits per heavy atom. The fourth-order valence-corrected chi connectivity index (χ4v) is 2.21. The van der Waals surface area contributed by atoms with Gasteiger partial charge in [-0.15, -0.1) is 0 Å². The van der Waals surface area contributed by atoms with Crippen molar-refractivity contribution in [2.45, 2.75) is 39.7 Å². The van der Waals surface area contributed by atoms with Gasteiger partial charge in [-0.05, 0) is 42.9 Å². The molecule has 0 aromatic heterocycles. The van der Waals surface area contributed by atoms with E-state index in [2.05, 4.69) is 66.3 Å². The van der Waals surface area contributed by atoms with Crippen molar-refractivity contribution in [2.75, 3.05) is 13.2 Å². The predicted molar refractivity (Wildman–Crippen MR) is 80.7 cm³/mol. The standard InChI is InChI=1S/C15H24BrNO/c1-12(13-5-7-14(16)8-6-13)17-11-15(2,3)9-4-10-18/h5-8,12,17-18H,4,9-11H2,1-3H3. The topological polar surface area (TPSA) is 32.3 Å². The molecule has 0 amide bonds. The fourth-order valence-electron chi connectivity index (χ4n) is 1.94. The van der Waals surface area contributed by atoms with Crippen LogP contribution in [0.3, 0.4) is 0 Å². The summed E-state index contributed by atoms with van der Waals surface area (Å²) in [5.41, 5.74) is 1.53. The van der Waals surface area contributed by atoms with E-state index in [4.69, 9.17) is 5.11 Å². The summed E-state index contributed by atoms with van der Waals surface area (Å²) >= 11 is 3.45. The molecule has 0 aliphatic heterocycles. The molecule has 0 fully saturated rings. The Kier molecular flexibility index (Phi) is 6.33. The van der Waals surface area contributed by atoms with Crippen molar-refractivity contribution in [3.63, 3.8) is 0 Å². The molecule has 0 aliphatic rings. The number of aliphatic hydroxyl groups is 1. The third kappa shape index (κ3) is 5.51. The van der Waals surface area contributed by atoms with Crippen LogP contribution in [0.2, 0.25) is 0 Å². The van der Waals surface area contributed by atoms with E-state index >= 15 is 0 Å². The second-order valence-electron chi connectivity index (χ2n) is 5.65. The molecule has 18 heavy (non-hydrogen) atoms. The molecule has 3 heteroatoms. The number of hydrogen-bond acceptors (Lipinski definition) is 2. The van der Waals surface area contributed by atoms with Gasteiger partial charge in [0.25, 0.3) is 0 Å². The van der Waals surface area contributed by atoms with Crippen molar-refractivity contribution in [2.24, 2.45) is 5.41 Å². The van der Waals surface area contributed by atoms with Gasteiger partial charge in [-0.3, -0.25) is 0 Å². The third-order valence-electron chi connectivity index (χ3n) is 3.27. The highest BCUT2D eigenvalue weighted by Crippen LogP contribution is 2.23. The molecule has 1 aromatic carbocycles. The van der Waals surface area contributed by atoms with Crippen LogP contribution in [0.15, 0.2) is 28.7 Å². The number of nitrogens with one attached hydrogen (secondary N) is 1. The molecule has 0 spiro atoms. The largest absolute Gasteiger partial charge is 0.396 e. The number of rotatable bonds is 7. The lowest BCUT2D eigenvalue weighted by molar-refractivity contribution is 0.233. The zero-order valence-corrected chi connectivity index (χ0v) is 13.1. The van der Waals surface area contributed by atoms with Gasteiger partial charge in [-0.25, -0.2) is 0 Å². The Balaban J connectivity index is 2.45. The van der Waals surface area contributed by atoms with Gasteiger partial charge in [0.15, 0.2) is 0 Å². The molecule has 0 radical (unpaired) electrons. The van der Waals surface area contributed by atoms with E-state index in [1.54, 1.807) is 0 Å². The number of benzene rings is 1. The van der Waals surface area contributed by atoms with E-state index in [0.29, 0.717) is 6.04 Å². The molecule has 0 heterocycles. The smallest absolute Gasteiger partial charge is 0.0431 e. The van der Waals surface area contributed by atoms with Crippen molar-refractivity contribution in [3.05, 3.63) is 34.3 Å². The first-order chi connectivity index (χ1) is 8.44. The normalized spacial score (nSPS) is 13.6. The van der Waals surface area contributed by atoms with Gasteiger partial charge >= 0.3 is 0 Å². The van der Waals surface area contributed by atoms with Gasteiger partial charge in [0, 0.05) is 23.7 Å². The summed E-state index contributed by atoms with van der Waals surface area (Å²) in [5, 5.41) is 12.5. The highest BCUT2D eigenvalue weighted by Gasteiger charge is 2.18. The van der Waals surface area contributed by atoms with Crippen molar-refractivity contribution in [1.29, 1.82) is 0 Å². The minimum Gasteiger partial charge on any atom is -0.396 e. The minimum atomic E-state index is 0.229. The van der Waals surface area contributed by atoms with Crippen LogP contribution >= 0.6 is 15.9 Å². The lowest BCUT2D eigenvalue weighted by atomic mass is 9.87. The Labute approximate surface area is 119 Å². The molecule has 0 saturated carbocycles. The number of hydrogen-bond donors (Lipinski definition) is 2. The zero-order valence-electron chi connectivity index (χ0n) is 11.5. The van der Waals surface area contributed by atoms with Gasteiger partial charge in [0.05, 0.1) is 0 Å². The molecule has 0 saturated heterocycles. The maximum absolute atomic E-state index is 8.89. The summed E-state index contributed by atoms with van der Waals surface area (Å²) in [4.78, 5) is 0. The monoisotopic (exact) mass is 313 g/mol. The molecule has 102 valence electrons. The second kappa shape index (κ2) is 7.27. The first-order valence-electron chi connectivity index (χ1n) is 6.54. The number of halogens is 1. The Hall–Kier alpha value is -0.380. The molecule has 0 bridgehead atoms. The molecule has 1 atom stereocenters. The van der Waals surface area contributed by atoms with E-state index < -0.39 is 0 Å². The summed E-state index contributed by atoms with van der Waals surface area (Å²) in [5.74, 6) is 0. The van der Waals surface area contributed by atoms with Gasteiger partial charge in [-0.2, -0.15) is 0 Å². The number of aliphatic hydroxyl groups excluding tert-OH is 1. The van der Waals surface area contributed by atoms with Crippen molar-refractivity contribution < 1.29 is 5.11 Å². The molecule has 1 aromatic rings. The van der Waals surface area contributed by atoms with Crippen LogP contribution in [-0.4, -0.2) is 18.3 Å². The van der Waals surface area contributed by atoms with Gasteiger partial charge in [-0.1, -0.05) is 41.9 Å². The van der Waals surface area contributed by atoms with Crippen molar-refractivity contribution in [1.82, 2.24) is 5.32 Å². The van der Waals surface area contributed by atoms with Crippen LogP contribution in [0.5, 0.6) is 0 Å². The maximum Gasteiger partial charge on any atom is 0.0431 e. The average Bonchev–Trinajstić information content (AvgIpc) is 2.35. The second-order valence-corrected chi connectivity index (χ2v) is 6.56. The molecule has 2 N–H and O–H groups in total. The van der Waals surface area contributed by atoms with E-state index in [0.717, 1.165) is 23.9 Å². The molecule has 2 nitrogen and oxygen atoms in total. The van der Waals surface area contributed by atoms with Crippen LogP contribution in [0.1, 0.15) is 45.2 Å². The summed E-state index contributed by atoms with van der Waals surface area (Å²) < 4.78 is 1.11. The van der Waals surface area contributed by atoms with E-state index in [1.807, 2.05) is 0 Å². The van der Waals surface area contributed by atoms with Crippen LogP contribution in [-0.2, 0) is 0 Å². The summed E-state index contributed by atoms with van der Waals surface area (Å²) in [6.45, 7) is 7.91. The zero-order chi connectivity index (χ0) is 13.6. The van der Waals surface area contributed by atoms with Crippen LogP contribution < -0.4 is 5.32 Å². The average molecular weight is 314 g/mol. The van der Waals surface area contributed by atoms with E-state index in [-0.39, 0.29) is 12.0 Å². The molecular weight excluding hydrogens is 290 g/mol. The highest BCUT2D eigenvalue weighted by atomic mass is 79.9. The Bertz CT molecular complexity index is 348. The lowest BCUT2D eigenvalue weighted by Gasteiger charge is -2.27. The van der Waals surface area contributed by atoms with Crippen LogP contribution in [0.25, 0.3) is 0 Å². The Morgan fingerprint density at radius 3 is 2.44 bits per heavy atom. The SMILES string of the molecule is CC(NCC(C)(C)CCCO)c1ccc(Br)cc1. The predicted octanol–water partition coefficient (Wildman–Crippen LogP) is 3.90. The van der Waals surface area contributed by atoms with Crippen molar-refractivity contribution >= 4 is 15.9 Å². The maximum atomic E-state index is 8.89. The first kappa shape index (κ1) is 15.7. The third-order valence-corrected chi connectivity index (χ3v) is 3.80. The summed E-state index contributed by atoms with van der Waals surface area (Å²) in [6, 6.07) is 8.78. The molecule has 1 unspecified atom stereocenters. The van der Waals surface area contributed by atoms with Crippen LogP contribution in [0.4, 0.5) is 0 Å². The minimum absolute atomic E-state index is 0.229. The lowest BCUT2D eigenvalue weighted by Crippen LogP contribution is -2.31.